The molecule has 0 aliphatic carbocycles. The molecule has 0 amide bonds. The molecule has 0 spiro atoms. The molecule has 1 heterocycles. The second-order valence-corrected chi connectivity index (χ2v) is 7.13. The lowest BCUT2D eigenvalue weighted by atomic mass is 10.3. The number of hydrogen-bond donors (Lipinski definition) is 1. The van der Waals surface area contributed by atoms with E-state index >= 15 is 0 Å². The van der Waals surface area contributed by atoms with E-state index in [0.29, 0.717) is 13.1 Å². The number of sulfonamides is 1. The molecule has 104 valence electrons. The molecular weight excluding hydrogens is 354 g/mol. The van der Waals surface area contributed by atoms with Crippen LogP contribution in [0.3, 0.4) is 0 Å². The van der Waals surface area contributed by atoms with Gasteiger partial charge in [-0.15, -0.1) is 11.6 Å². The third kappa shape index (κ3) is 3.68. The van der Waals surface area contributed by atoms with Gasteiger partial charge in [-0.05, 0) is 18.2 Å². The number of rotatable bonds is 5. The van der Waals surface area contributed by atoms with E-state index in [1.165, 1.54) is 0 Å². The van der Waals surface area contributed by atoms with Gasteiger partial charge in [0.25, 0.3) is 0 Å². The molecule has 0 fully saturated rings. The minimum Gasteiger partial charge on any atom is -0.326 e. The highest BCUT2D eigenvalue weighted by molar-refractivity contribution is 9.10. The highest BCUT2D eigenvalue weighted by Gasteiger charge is 2.10. The summed E-state index contributed by atoms with van der Waals surface area (Å²) < 4.78 is 27.4. The molecule has 0 bridgehead atoms. The van der Waals surface area contributed by atoms with Gasteiger partial charge in [-0.1, -0.05) is 15.9 Å². The van der Waals surface area contributed by atoms with Gasteiger partial charge in [-0.25, -0.2) is 18.1 Å². The number of aromatic nitrogens is 2. The summed E-state index contributed by atoms with van der Waals surface area (Å²) in [7, 11) is -3.18. The third-order valence-electron chi connectivity index (χ3n) is 2.61. The smallest absolute Gasteiger partial charge is 0.208 e. The fourth-order valence-corrected chi connectivity index (χ4v) is 2.86. The van der Waals surface area contributed by atoms with Crippen LogP contribution in [0.5, 0.6) is 0 Å². The van der Waals surface area contributed by atoms with Gasteiger partial charge in [0.2, 0.25) is 10.0 Å². The molecule has 1 N–H and O–H groups in total. The van der Waals surface area contributed by atoms with Crippen LogP contribution < -0.4 is 4.72 Å². The number of nitrogens with one attached hydrogen (secondary N) is 1. The van der Waals surface area contributed by atoms with Gasteiger partial charge in [0, 0.05) is 17.6 Å². The van der Waals surface area contributed by atoms with Crippen LogP contribution in [-0.2, 0) is 22.4 Å². The molecule has 2 rings (SSSR count). The van der Waals surface area contributed by atoms with Crippen molar-refractivity contribution in [3.63, 3.8) is 0 Å². The van der Waals surface area contributed by atoms with Crippen molar-refractivity contribution in [2.75, 3.05) is 12.8 Å². The first kappa shape index (κ1) is 14.8. The molecule has 19 heavy (non-hydrogen) atoms. The Morgan fingerprint density at radius 1 is 1.47 bits per heavy atom. The Labute approximate surface area is 125 Å². The van der Waals surface area contributed by atoms with Crippen LogP contribution in [0.15, 0.2) is 22.7 Å². The topological polar surface area (TPSA) is 64.0 Å². The summed E-state index contributed by atoms with van der Waals surface area (Å²) in [6, 6.07) is 5.75. The molecule has 0 aliphatic rings. The molecule has 1 aromatic heterocycles. The highest BCUT2D eigenvalue weighted by atomic mass is 79.9. The van der Waals surface area contributed by atoms with Crippen molar-refractivity contribution >= 4 is 48.6 Å². The van der Waals surface area contributed by atoms with Gasteiger partial charge in [-0.3, -0.25) is 0 Å². The fourth-order valence-electron chi connectivity index (χ4n) is 1.84. The average Bonchev–Trinajstić information content (AvgIpc) is 2.65. The Morgan fingerprint density at radius 2 is 2.21 bits per heavy atom. The molecule has 0 saturated carbocycles. The normalized spacial score (nSPS) is 12.2. The van der Waals surface area contributed by atoms with Crippen molar-refractivity contribution in [1.82, 2.24) is 14.3 Å². The first-order chi connectivity index (χ1) is 8.90. The minimum atomic E-state index is -3.18. The SMILES string of the molecule is CS(=O)(=O)NCCn1c(CCl)nc2ccc(Br)cc21. The van der Waals surface area contributed by atoms with Crippen molar-refractivity contribution in [3.05, 3.63) is 28.5 Å². The van der Waals surface area contributed by atoms with Crippen molar-refractivity contribution in [1.29, 1.82) is 0 Å². The van der Waals surface area contributed by atoms with E-state index in [1.54, 1.807) is 0 Å². The molecule has 2 aromatic rings. The second-order valence-electron chi connectivity index (χ2n) is 4.11. The monoisotopic (exact) mass is 365 g/mol. The van der Waals surface area contributed by atoms with E-state index in [-0.39, 0.29) is 5.88 Å². The van der Waals surface area contributed by atoms with Crippen molar-refractivity contribution in [2.45, 2.75) is 12.4 Å². The summed E-state index contributed by atoms with van der Waals surface area (Å²) in [4.78, 5) is 4.42. The van der Waals surface area contributed by atoms with E-state index < -0.39 is 10.0 Å². The van der Waals surface area contributed by atoms with Crippen molar-refractivity contribution in [2.24, 2.45) is 0 Å². The van der Waals surface area contributed by atoms with E-state index in [4.69, 9.17) is 11.6 Å². The Kier molecular flexibility index (Phi) is 4.50. The van der Waals surface area contributed by atoms with E-state index in [2.05, 4.69) is 25.6 Å². The lowest BCUT2D eigenvalue weighted by molar-refractivity contribution is 0.578. The van der Waals surface area contributed by atoms with E-state index in [0.717, 1.165) is 27.6 Å². The van der Waals surface area contributed by atoms with Crippen LogP contribution in [0.25, 0.3) is 11.0 Å². The molecule has 0 radical (unpaired) electrons. The summed E-state index contributed by atoms with van der Waals surface area (Å²) >= 11 is 9.29. The Bertz CT molecular complexity index is 699. The number of imidazole rings is 1. The molecular formula is C11H13BrClN3O2S. The van der Waals surface area contributed by atoms with E-state index in [1.807, 2.05) is 22.8 Å². The molecule has 0 aliphatic heterocycles. The van der Waals surface area contributed by atoms with Crippen LogP contribution in [0.1, 0.15) is 5.82 Å². The predicted octanol–water partition coefficient (Wildman–Crippen LogP) is 2.09. The minimum absolute atomic E-state index is 0.283. The second kappa shape index (κ2) is 5.78. The molecule has 0 saturated heterocycles. The summed E-state index contributed by atoms with van der Waals surface area (Å²) in [5.41, 5.74) is 1.78. The van der Waals surface area contributed by atoms with Crippen LogP contribution >= 0.6 is 27.5 Å². The van der Waals surface area contributed by atoms with Gasteiger partial charge in [0.15, 0.2) is 0 Å². The molecule has 8 heteroatoms. The lowest BCUT2D eigenvalue weighted by Crippen LogP contribution is -2.26. The predicted molar refractivity (Wildman–Crippen MR) is 79.8 cm³/mol. The summed E-state index contributed by atoms with van der Waals surface area (Å²) in [5.74, 6) is 1.01. The fraction of sp³-hybridized carbons (Fsp3) is 0.364. The van der Waals surface area contributed by atoms with Gasteiger partial charge < -0.3 is 4.57 Å². The zero-order valence-corrected chi connectivity index (χ0v) is 13.4. The summed E-state index contributed by atoms with van der Waals surface area (Å²) in [6.45, 7) is 0.794. The third-order valence-corrected chi connectivity index (χ3v) is 4.07. The number of alkyl halides is 1. The maximum absolute atomic E-state index is 11.1. The maximum atomic E-state index is 11.1. The van der Waals surface area contributed by atoms with Crippen LogP contribution in [-0.4, -0.2) is 30.8 Å². The van der Waals surface area contributed by atoms with Gasteiger partial charge in [-0.2, -0.15) is 0 Å². The van der Waals surface area contributed by atoms with Crippen LogP contribution in [0.4, 0.5) is 0 Å². The Balaban J connectivity index is 2.32. The summed E-state index contributed by atoms with van der Waals surface area (Å²) in [5, 5.41) is 0. The Morgan fingerprint density at radius 3 is 2.84 bits per heavy atom. The Hall–Kier alpha value is -0.630. The standard InChI is InChI=1S/C11H13BrClN3O2S/c1-19(17,18)14-4-5-16-10-6-8(12)2-3-9(10)15-11(16)7-13/h2-3,6,14H,4-5,7H2,1H3. The molecule has 1 aromatic carbocycles. The van der Waals surface area contributed by atoms with Crippen molar-refractivity contribution in [3.8, 4) is 0 Å². The first-order valence-corrected chi connectivity index (χ1v) is 8.78. The highest BCUT2D eigenvalue weighted by Crippen LogP contribution is 2.21. The number of hydrogen-bond acceptors (Lipinski definition) is 3. The van der Waals surface area contributed by atoms with Crippen LogP contribution in [0, 0.1) is 0 Å². The summed E-state index contributed by atoms with van der Waals surface area (Å²) in [6.07, 6.45) is 1.14. The zero-order chi connectivity index (χ0) is 14.0. The first-order valence-electron chi connectivity index (χ1n) is 5.56. The van der Waals surface area contributed by atoms with Gasteiger partial charge in [0.05, 0.1) is 23.2 Å². The van der Waals surface area contributed by atoms with Gasteiger partial charge >= 0.3 is 0 Å². The largest absolute Gasteiger partial charge is 0.326 e. The van der Waals surface area contributed by atoms with Crippen molar-refractivity contribution < 1.29 is 8.42 Å². The quantitative estimate of drug-likeness (QED) is 0.824. The molecule has 5 nitrogen and oxygen atoms in total. The lowest BCUT2D eigenvalue weighted by Gasteiger charge is -2.08. The molecule has 0 atom stereocenters. The van der Waals surface area contributed by atoms with Gasteiger partial charge in [0.1, 0.15) is 5.82 Å². The van der Waals surface area contributed by atoms with E-state index in [9.17, 15) is 8.42 Å². The number of benzene rings is 1. The number of nitrogens with zero attached hydrogens (tertiary/aromatic N) is 2. The maximum Gasteiger partial charge on any atom is 0.208 e. The zero-order valence-electron chi connectivity index (χ0n) is 10.2. The molecule has 0 unspecified atom stereocenters. The van der Waals surface area contributed by atoms with Crippen LogP contribution in [0.2, 0.25) is 0 Å². The number of halogens is 2. The number of fused-ring (bicyclic) bond motifs is 1. The average molecular weight is 367 g/mol.